The van der Waals surface area contributed by atoms with E-state index in [2.05, 4.69) is 44.9 Å². The van der Waals surface area contributed by atoms with Gasteiger partial charge in [0.2, 0.25) is 0 Å². The molecule has 0 saturated carbocycles. The van der Waals surface area contributed by atoms with Crippen molar-refractivity contribution in [2.45, 2.75) is 51.6 Å². The fraction of sp³-hybridized carbons (Fsp3) is 0.476. The van der Waals surface area contributed by atoms with Gasteiger partial charge < -0.3 is 18.5 Å². The summed E-state index contributed by atoms with van der Waals surface area (Å²) in [6.45, 7) is 11.2. The molecule has 156 valence electrons. The van der Waals surface area contributed by atoms with E-state index in [4.69, 9.17) is 19.2 Å². The van der Waals surface area contributed by atoms with Crippen LogP contribution in [0.3, 0.4) is 0 Å². The molecule has 1 unspecified atom stereocenters. The fourth-order valence-electron chi connectivity index (χ4n) is 2.66. The van der Waals surface area contributed by atoms with Crippen LogP contribution in [0.15, 0.2) is 30.7 Å². The third kappa shape index (κ3) is 4.86. The number of ether oxygens (including phenoxy) is 2. The Morgan fingerprint density at radius 2 is 2.00 bits per heavy atom. The zero-order valence-electron chi connectivity index (χ0n) is 18.1. The van der Waals surface area contributed by atoms with Gasteiger partial charge in [-0.3, -0.25) is 0 Å². The number of benzene rings is 1. The SMILES string of the molecule is COC(=O)C(c1ccc(C#N)cc1OC)n1cncc1CO[Si](C)(C)C(C)(C)C. The Bertz CT molecular complexity index is 909. The Balaban J connectivity index is 2.46. The Hall–Kier alpha value is -2.63. The van der Waals surface area contributed by atoms with Crippen LogP contribution in [0.25, 0.3) is 0 Å². The van der Waals surface area contributed by atoms with Crippen LogP contribution >= 0.6 is 0 Å². The van der Waals surface area contributed by atoms with Crippen LogP contribution in [0.5, 0.6) is 5.75 Å². The van der Waals surface area contributed by atoms with E-state index in [-0.39, 0.29) is 5.04 Å². The summed E-state index contributed by atoms with van der Waals surface area (Å²) in [6, 6.07) is 6.24. The van der Waals surface area contributed by atoms with Crippen molar-refractivity contribution in [2.24, 2.45) is 0 Å². The van der Waals surface area contributed by atoms with Gasteiger partial charge in [-0.25, -0.2) is 9.78 Å². The summed E-state index contributed by atoms with van der Waals surface area (Å²) in [5, 5.41) is 9.22. The molecule has 29 heavy (non-hydrogen) atoms. The smallest absolute Gasteiger partial charge is 0.333 e. The number of carbonyl (C=O) groups is 1. The maximum atomic E-state index is 12.7. The van der Waals surface area contributed by atoms with Crippen molar-refractivity contribution in [3.05, 3.63) is 47.5 Å². The first-order chi connectivity index (χ1) is 13.6. The van der Waals surface area contributed by atoms with Crippen LogP contribution < -0.4 is 4.74 Å². The standard InChI is InChI=1S/C21H29N3O4Si/c1-21(2,3)29(6,7)28-13-16-12-23-14-24(16)19(20(25)27-5)17-9-8-15(11-22)10-18(17)26-4/h8-10,12,14,19H,13H2,1-7H3. The number of nitrogens with zero attached hydrogens (tertiary/aromatic N) is 3. The molecule has 0 aliphatic carbocycles. The number of hydrogen-bond donors (Lipinski definition) is 0. The summed E-state index contributed by atoms with van der Waals surface area (Å²) in [5.41, 5.74) is 1.79. The molecule has 0 amide bonds. The molecule has 0 aliphatic heterocycles. The molecule has 7 nitrogen and oxygen atoms in total. The monoisotopic (exact) mass is 415 g/mol. The number of nitriles is 1. The number of aromatic nitrogens is 2. The first-order valence-corrected chi connectivity index (χ1v) is 12.3. The van der Waals surface area contributed by atoms with Crippen LogP contribution in [0.4, 0.5) is 0 Å². The fourth-order valence-corrected chi connectivity index (χ4v) is 3.60. The Kier molecular flexibility index (Phi) is 6.88. The highest BCUT2D eigenvalue weighted by Gasteiger charge is 2.37. The number of rotatable bonds is 7. The van der Waals surface area contributed by atoms with Crippen molar-refractivity contribution >= 4 is 14.3 Å². The van der Waals surface area contributed by atoms with E-state index in [1.54, 1.807) is 35.3 Å². The summed E-state index contributed by atoms with van der Waals surface area (Å²) < 4.78 is 18.6. The van der Waals surface area contributed by atoms with Crippen LogP contribution in [-0.4, -0.2) is 38.1 Å². The molecule has 8 heteroatoms. The maximum absolute atomic E-state index is 12.7. The van der Waals surface area contributed by atoms with Gasteiger partial charge in [-0.2, -0.15) is 5.26 Å². The van der Waals surface area contributed by atoms with E-state index in [0.717, 1.165) is 5.69 Å². The lowest BCUT2D eigenvalue weighted by atomic mass is 10.0. The predicted octanol–water partition coefficient (Wildman–Crippen LogP) is 4.05. The predicted molar refractivity (Wildman–Crippen MR) is 112 cm³/mol. The molecule has 0 fully saturated rings. The zero-order valence-corrected chi connectivity index (χ0v) is 19.1. The van der Waals surface area contributed by atoms with Crippen molar-refractivity contribution in [2.75, 3.05) is 14.2 Å². The van der Waals surface area contributed by atoms with Gasteiger partial charge in [0.25, 0.3) is 0 Å². The molecule has 0 radical (unpaired) electrons. The number of esters is 1. The third-order valence-electron chi connectivity index (χ3n) is 5.49. The highest BCUT2D eigenvalue weighted by atomic mass is 28.4. The quantitative estimate of drug-likeness (QED) is 0.501. The largest absolute Gasteiger partial charge is 0.496 e. The normalized spacial score (nSPS) is 12.9. The summed E-state index contributed by atoms with van der Waals surface area (Å²) >= 11 is 0. The molecule has 2 rings (SSSR count). The lowest BCUT2D eigenvalue weighted by Gasteiger charge is -2.36. The van der Waals surface area contributed by atoms with Gasteiger partial charge in [0.15, 0.2) is 14.4 Å². The van der Waals surface area contributed by atoms with E-state index in [0.29, 0.717) is 23.5 Å². The number of hydrogen-bond acceptors (Lipinski definition) is 6. The minimum absolute atomic E-state index is 0.0654. The van der Waals surface area contributed by atoms with Crippen molar-refractivity contribution in [3.63, 3.8) is 0 Å². The average Bonchev–Trinajstić information content (AvgIpc) is 3.13. The molecule has 1 atom stereocenters. The maximum Gasteiger partial charge on any atom is 0.333 e. The number of imidazole rings is 1. The van der Waals surface area contributed by atoms with E-state index in [9.17, 15) is 4.79 Å². The zero-order chi connectivity index (χ0) is 21.8. The molecule has 0 bridgehead atoms. The van der Waals surface area contributed by atoms with Crippen LogP contribution in [0, 0.1) is 11.3 Å². The van der Waals surface area contributed by atoms with Gasteiger partial charge in [0.05, 0.1) is 50.7 Å². The molecule has 0 saturated heterocycles. The van der Waals surface area contributed by atoms with Gasteiger partial charge in [-0.05, 0) is 30.3 Å². The van der Waals surface area contributed by atoms with Crippen LogP contribution in [0.2, 0.25) is 18.1 Å². The van der Waals surface area contributed by atoms with Crippen molar-refractivity contribution in [1.82, 2.24) is 9.55 Å². The Morgan fingerprint density at radius 3 is 2.55 bits per heavy atom. The molecule has 1 aromatic heterocycles. The summed E-state index contributed by atoms with van der Waals surface area (Å²) in [5.74, 6) is -0.0241. The van der Waals surface area contributed by atoms with Crippen LogP contribution in [0.1, 0.15) is 43.6 Å². The van der Waals surface area contributed by atoms with Crippen molar-refractivity contribution in [3.8, 4) is 11.8 Å². The van der Waals surface area contributed by atoms with Gasteiger partial charge >= 0.3 is 5.97 Å². The highest BCUT2D eigenvalue weighted by molar-refractivity contribution is 6.74. The molecule has 0 spiro atoms. The third-order valence-corrected chi connectivity index (χ3v) is 9.97. The summed E-state index contributed by atoms with van der Waals surface area (Å²) in [4.78, 5) is 17.0. The molecule has 0 aliphatic rings. The first kappa shape index (κ1) is 22.7. The second kappa shape index (κ2) is 8.80. The second-order valence-electron chi connectivity index (χ2n) is 8.34. The van der Waals surface area contributed by atoms with Gasteiger partial charge in [-0.15, -0.1) is 0 Å². The average molecular weight is 416 g/mol. The van der Waals surface area contributed by atoms with E-state index in [1.807, 2.05) is 0 Å². The van der Waals surface area contributed by atoms with Gasteiger partial charge in [0.1, 0.15) is 5.75 Å². The van der Waals surface area contributed by atoms with Gasteiger partial charge in [-0.1, -0.05) is 26.8 Å². The van der Waals surface area contributed by atoms with Crippen LogP contribution in [-0.2, 0) is 20.6 Å². The second-order valence-corrected chi connectivity index (χ2v) is 13.1. The number of methoxy groups -OCH3 is 2. The van der Waals surface area contributed by atoms with Crippen molar-refractivity contribution in [1.29, 1.82) is 5.26 Å². The minimum atomic E-state index is -1.98. The molecule has 0 N–H and O–H groups in total. The summed E-state index contributed by atoms with van der Waals surface area (Å²) in [7, 11) is 0.863. The minimum Gasteiger partial charge on any atom is -0.496 e. The molecular formula is C21H29N3O4Si. The Labute approximate surface area is 173 Å². The van der Waals surface area contributed by atoms with E-state index < -0.39 is 20.3 Å². The summed E-state index contributed by atoms with van der Waals surface area (Å²) in [6.07, 6.45) is 3.28. The van der Waals surface area contributed by atoms with Gasteiger partial charge in [0, 0.05) is 5.56 Å². The van der Waals surface area contributed by atoms with E-state index >= 15 is 0 Å². The lowest BCUT2D eigenvalue weighted by Crippen LogP contribution is -2.40. The molecule has 1 aromatic carbocycles. The lowest BCUT2D eigenvalue weighted by molar-refractivity contribution is -0.143. The molecule has 2 aromatic rings. The van der Waals surface area contributed by atoms with E-state index in [1.165, 1.54) is 14.2 Å². The topological polar surface area (TPSA) is 86.4 Å². The molecular weight excluding hydrogens is 386 g/mol. The van der Waals surface area contributed by atoms with Crippen molar-refractivity contribution < 1.29 is 18.7 Å². The molecule has 1 heterocycles. The first-order valence-electron chi connectivity index (χ1n) is 9.36. The highest BCUT2D eigenvalue weighted by Crippen LogP contribution is 2.37. The Morgan fingerprint density at radius 1 is 1.31 bits per heavy atom. The number of carbonyl (C=O) groups excluding carboxylic acids is 1.